The van der Waals surface area contributed by atoms with E-state index in [9.17, 15) is 4.39 Å². The van der Waals surface area contributed by atoms with E-state index in [1.807, 2.05) is 31.2 Å². The molecule has 0 aliphatic heterocycles. The monoisotopic (exact) mass is 334 g/mol. The SMILES string of the molecule is COc1cccc(F)c1-c1ncc2[nH]nc(-c3ccccc3C)c2n1. The van der Waals surface area contributed by atoms with Crippen molar-refractivity contribution in [2.24, 2.45) is 0 Å². The van der Waals surface area contributed by atoms with Crippen LogP contribution >= 0.6 is 0 Å². The molecule has 25 heavy (non-hydrogen) atoms. The van der Waals surface area contributed by atoms with Crippen molar-refractivity contribution in [3.63, 3.8) is 0 Å². The minimum Gasteiger partial charge on any atom is -0.496 e. The van der Waals surface area contributed by atoms with Crippen LogP contribution in [0.5, 0.6) is 5.75 Å². The van der Waals surface area contributed by atoms with E-state index in [1.165, 1.54) is 13.2 Å². The lowest BCUT2D eigenvalue weighted by atomic mass is 10.1. The number of benzene rings is 2. The summed E-state index contributed by atoms with van der Waals surface area (Å²) in [4.78, 5) is 8.84. The summed E-state index contributed by atoms with van der Waals surface area (Å²) in [5, 5.41) is 7.31. The molecule has 0 aliphatic rings. The molecule has 2 heterocycles. The number of aromatic amines is 1. The molecule has 0 bridgehead atoms. The Hall–Kier alpha value is -3.28. The summed E-state index contributed by atoms with van der Waals surface area (Å²) in [6.07, 6.45) is 1.61. The molecular weight excluding hydrogens is 319 g/mol. The third-order valence-electron chi connectivity index (χ3n) is 4.12. The lowest BCUT2D eigenvalue weighted by Gasteiger charge is -2.08. The first kappa shape index (κ1) is 15.3. The number of H-pyrrole nitrogens is 1. The van der Waals surface area contributed by atoms with E-state index < -0.39 is 5.82 Å². The van der Waals surface area contributed by atoms with E-state index >= 15 is 0 Å². The molecule has 6 heteroatoms. The second kappa shape index (κ2) is 5.98. The second-order valence-electron chi connectivity index (χ2n) is 5.66. The molecule has 4 aromatic rings. The summed E-state index contributed by atoms with van der Waals surface area (Å²) in [7, 11) is 1.49. The average molecular weight is 334 g/mol. The van der Waals surface area contributed by atoms with Crippen LogP contribution in [-0.2, 0) is 0 Å². The number of nitrogens with one attached hydrogen (secondary N) is 1. The van der Waals surface area contributed by atoms with Crippen molar-refractivity contribution in [3.05, 3.63) is 60.0 Å². The molecule has 0 aliphatic carbocycles. The Bertz CT molecular complexity index is 1070. The summed E-state index contributed by atoms with van der Waals surface area (Å²) in [6.45, 7) is 2.01. The average Bonchev–Trinajstić information content (AvgIpc) is 3.05. The van der Waals surface area contributed by atoms with Crippen LogP contribution in [0, 0.1) is 12.7 Å². The first-order valence-corrected chi connectivity index (χ1v) is 7.79. The number of hydrogen-bond acceptors (Lipinski definition) is 4. The summed E-state index contributed by atoms with van der Waals surface area (Å²) in [5.41, 5.74) is 4.34. The molecule has 0 saturated heterocycles. The molecule has 4 rings (SSSR count). The highest BCUT2D eigenvalue weighted by atomic mass is 19.1. The molecule has 0 amide bonds. The largest absolute Gasteiger partial charge is 0.496 e. The number of halogens is 1. The van der Waals surface area contributed by atoms with Gasteiger partial charge in [0.25, 0.3) is 0 Å². The zero-order valence-corrected chi connectivity index (χ0v) is 13.7. The Kier molecular flexibility index (Phi) is 3.65. The van der Waals surface area contributed by atoms with Gasteiger partial charge in [-0.2, -0.15) is 5.10 Å². The molecule has 0 radical (unpaired) electrons. The van der Waals surface area contributed by atoms with Crippen molar-refractivity contribution in [2.45, 2.75) is 6.92 Å². The van der Waals surface area contributed by atoms with Crippen molar-refractivity contribution in [2.75, 3.05) is 7.11 Å². The number of aromatic nitrogens is 4. The van der Waals surface area contributed by atoms with E-state index in [1.54, 1.807) is 18.3 Å². The van der Waals surface area contributed by atoms with E-state index in [2.05, 4.69) is 20.2 Å². The van der Waals surface area contributed by atoms with E-state index in [-0.39, 0.29) is 11.4 Å². The van der Waals surface area contributed by atoms with Gasteiger partial charge in [-0.3, -0.25) is 5.10 Å². The van der Waals surface area contributed by atoms with Gasteiger partial charge in [0, 0.05) is 5.56 Å². The Labute approximate surface area is 143 Å². The highest BCUT2D eigenvalue weighted by Gasteiger charge is 2.18. The second-order valence-corrected chi connectivity index (χ2v) is 5.66. The zero-order chi connectivity index (χ0) is 17.4. The Balaban J connectivity index is 1.95. The summed E-state index contributed by atoms with van der Waals surface area (Å²) in [5.74, 6) is 0.221. The lowest BCUT2D eigenvalue weighted by Crippen LogP contribution is -1.96. The maximum absolute atomic E-state index is 14.4. The van der Waals surface area contributed by atoms with Gasteiger partial charge in [-0.1, -0.05) is 30.3 Å². The van der Waals surface area contributed by atoms with E-state index in [0.29, 0.717) is 22.5 Å². The van der Waals surface area contributed by atoms with Gasteiger partial charge in [-0.15, -0.1) is 0 Å². The van der Waals surface area contributed by atoms with Gasteiger partial charge in [0.05, 0.1) is 18.9 Å². The number of ether oxygens (including phenoxy) is 1. The molecule has 0 fully saturated rings. The van der Waals surface area contributed by atoms with Gasteiger partial charge >= 0.3 is 0 Å². The zero-order valence-electron chi connectivity index (χ0n) is 13.7. The van der Waals surface area contributed by atoms with Crippen LogP contribution in [0.1, 0.15) is 5.56 Å². The molecule has 124 valence electrons. The topological polar surface area (TPSA) is 63.7 Å². The first-order valence-electron chi connectivity index (χ1n) is 7.79. The number of aryl methyl sites for hydroxylation is 1. The van der Waals surface area contributed by atoms with Crippen molar-refractivity contribution in [1.29, 1.82) is 0 Å². The third kappa shape index (κ3) is 2.52. The van der Waals surface area contributed by atoms with Crippen molar-refractivity contribution < 1.29 is 9.13 Å². The molecular formula is C19H15FN4O. The predicted molar refractivity (Wildman–Crippen MR) is 93.8 cm³/mol. The minimum atomic E-state index is -0.431. The van der Waals surface area contributed by atoms with E-state index in [4.69, 9.17) is 4.74 Å². The Morgan fingerprint density at radius 1 is 1.08 bits per heavy atom. The summed E-state index contributed by atoms with van der Waals surface area (Å²) >= 11 is 0. The minimum absolute atomic E-state index is 0.240. The predicted octanol–water partition coefficient (Wildman–Crippen LogP) is 4.14. The van der Waals surface area contributed by atoms with Gasteiger partial charge in [0.2, 0.25) is 0 Å². The molecule has 5 nitrogen and oxygen atoms in total. The highest BCUT2D eigenvalue weighted by Crippen LogP contribution is 2.33. The van der Waals surface area contributed by atoms with Crippen LogP contribution < -0.4 is 4.74 Å². The van der Waals surface area contributed by atoms with Crippen molar-refractivity contribution in [1.82, 2.24) is 20.2 Å². The number of fused-ring (bicyclic) bond motifs is 1. The molecule has 2 aromatic carbocycles. The van der Waals surface area contributed by atoms with Crippen LogP contribution in [0.2, 0.25) is 0 Å². The highest BCUT2D eigenvalue weighted by molar-refractivity contribution is 5.91. The number of rotatable bonds is 3. The van der Waals surface area contributed by atoms with Gasteiger partial charge in [0.15, 0.2) is 5.82 Å². The molecule has 0 saturated carbocycles. The van der Waals surface area contributed by atoms with Crippen LogP contribution in [-0.4, -0.2) is 27.3 Å². The van der Waals surface area contributed by atoms with E-state index in [0.717, 1.165) is 11.1 Å². The Morgan fingerprint density at radius 2 is 1.92 bits per heavy atom. The standard InChI is InChI=1S/C19H15FN4O/c1-11-6-3-4-7-12(11)17-18-14(23-24-17)10-21-19(22-18)16-13(20)8-5-9-15(16)25-2/h3-10H,1-2H3,(H,23,24). The molecule has 2 aromatic heterocycles. The van der Waals surface area contributed by atoms with Gasteiger partial charge in [-0.05, 0) is 24.6 Å². The quantitative estimate of drug-likeness (QED) is 0.611. The lowest BCUT2D eigenvalue weighted by molar-refractivity contribution is 0.413. The molecule has 0 spiro atoms. The third-order valence-corrected chi connectivity index (χ3v) is 4.12. The fourth-order valence-electron chi connectivity index (χ4n) is 2.85. The number of hydrogen-bond donors (Lipinski definition) is 1. The van der Waals surface area contributed by atoms with Gasteiger partial charge in [0.1, 0.15) is 28.3 Å². The van der Waals surface area contributed by atoms with Crippen LogP contribution in [0.15, 0.2) is 48.7 Å². The smallest absolute Gasteiger partial charge is 0.166 e. The maximum Gasteiger partial charge on any atom is 0.166 e. The molecule has 0 unspecified atom stereocenters. The number of nitrogens with zero attached hydrogens (tertiary/aromatic N) is 3. The summed E-state index contributed by atoms with van der Waals surface area (Å²) in [6, 6.07) is 12.6. The van der Waals surface area contributed by atoms with Crippen LogP contribution in [0.25, 0.3) is 33.7 Å². The van der Waals surface area contributed by atoms with Gasteiger partial charge < -0.3 is 4.74 Å². The van der Waals surface area contributed by atoms with Crippen LogP contribution in [0.4, 0.5) is 4.39 Å². The van der Waals surface area contributed by atoms with Crippen molar-refractivity contribution >= 4 is 11.0 Å². The normalized spacial score (nSPS) is 11.0. The molecule has 0 atom stereocenters. The van der Waals surface area contributed by atoms with Crippen LogP contribution in [0.3, 0.4) is 0 Å². The number of methoxy groups -OCH3 is 1. The summed E-state index contributed by atoms with van der Waals surface area (Å²) < 4.78 is 19.6. The first-order chi connectivity index (χ1) is 12.2. The fraction of sp³-hybridized carbons (Fsp3) is 0.105. The van der Waals surface area contributed by atoms with Gasteiger partial charge in [-0.25, -0.2) is 14.4 Å². The van der Waals surface area contributed by atoms with Crippen molar-refractivity contribution in [3.8, 4) is 28.4 Å². The molecule has 1 N–H and O–H groups in total. The maximum atomic E-state index is 14.4. The Morgan fingerprint density at radius 3 is 2.72 bits per heavy atom. The fourth-order valence-corrected chi connectivity index (χ4v) is 2.85.